The molecule has 1 amide bonds. The molecule has 1 unspecified atom stereocenters. The van der Waals surface area contributed by atoms with E-state index in [1.54, 1.807) is 11.8 Å². The fourth-order valence-corrected chi connectivity index (χ4v) is 1.94. The summed E-state index contributed by atoms with van der Waals surface area (Å²) in [5, 5.41) is 8.62. The Balaban J connectivity index is 2.39. The van der Waals surface area contributed by atoms with Crippen LogP contribution in [0.15, 0.2) is 0 Å². The van der Waals surface area contributed by atoms with Crippen LogP contribution in [0.25, 0.3) is 0 Å². The largest absolute Gasteiger partial charge is 0.481 e. The Bertz CT molecular complexity index is 310. The van der Waals surface area contributed by atoms with Crippen molar-refractivity contribution in [2.45, 2.75) is 32.2 Å². The molecule has 3 N–H and O–H groups in total. The van der Waals surface area contributed by atoms with Gasteiger partial charge in [0.15, 0.2) is 0 Å². The monoisotopic (exact) mass is 257 g/mol. The van der Waals surface area contributed by atoms with Crippen LogP contribution < -0.4 is 5.73 Å². The van der Waals surface area contributed by atoms with Gasteiger partial charge in [0, 0.05) is 32.7 Å². The number of carboxylic acids is 1. The van der Waals surface area contributed by atoms with E-state index in [-0.39, 0.29) is 12.3 Å². The number of rotatable bonds is 5. The van der Waals surface area contributed by atoms with Crippen molar-refractivity contribution in [2.24, 2.45) is 5.73 Å². The fourth-order valence-electron chi connectivity index (χ4n) is 1.94. The van der Waals surface area contributed by atoms with Crippen molar-refractivity contribution in [3.05, 3.63) is 0 Å². The standard InChI is InChI=1S/C12H23N3O3/c1-3-12(2,13)11(18)15-8-6-14(7-9-15)5-4-10(16)17/h3-9,13H2,1-2H3,(H,16,17). The third-order valence-corrected chi connectivity index (χ3v) is 3.52. The van der Waals surface area contributed by atoms with E-state index >= 15 is 0 Å². The molecule has 104 valence electrons. The number of aliphatic carboxylic acids is 1. The second-order valence-corrected chi connectivity index (χ2v) is 5.05. The van der Waals surface area contributed by atoms with Crippen LogP contribution in [0.2, 0.25) is 0 Å². The number of piperazine rings is 1. The lowest BCUT2D eigenvalue weighted by Crippen LogP contribution is -2.58. The van der Waals surface area contributed by atoms with Crippen molar-refractivity contribution in [1.29, 1.82) is 0 Å². The second-order valence-electron chi connectivity index (χ2n) is 5.05. The van der Waals surface area contributed by atoms with Crippen molar-refractivity contribution < 1.29 is 14.7 Å². The molecule has 6 heteroatoms. The Kier molecular flexibility index (Phi) is 5.10. The Labute approximate surface area is 108 Å². The molecular weight excluding hydrogens is 234 g/mol. The van der Waals surface area contributed by atoms with E-state index in [0.717, 1.165) is 13.1 Å². The highest BCUT2D eigenvalue weighted by Crippen LogP contribution is 2.12. The predicted octanol–water partition coefficient (Wildman–Crippen LogP) is -0.267. The SMILES string of the molecule is CCC(C)(N)C(=O)N1CCN(CCC(=O)O)CC1. The van der Waals surface area contributed by atoms with Gasteiger partial charge in [0.25, 0.3) is 0 Å². The van der Waals surface area contributed by atoms with Crippen molar-refractivity contribution in [3.63, 3.8) is 0 Å². The molecule has 0 aromatic heterocycles. The molecule has 1 fully saturated rings. The average molecular weight is 257 g/mol. The molecular formula is C12H23N3O3. The van der Waals surface area contributed by atoms with Crippen LogP contribution in [0.4, 0.5) is 0 Å². The van der Waals surface area contributed by atoms with Crippen LogP contribution in [0, 0.1) is 0 Å². The second kappa shape index (κ2) is 6.15. The van der Waals surface area contributed by atoms with E-state index in [2.05, 4.69) is 4.90 Å². The molecule has 1 atom stereocenters. The molecule has 0 bridgehead atoms. The fraction of sp³-hybridized carbons (Fsp3) is 0.833. The first-order chi connectivity index (χ1) is 8.36. The topological polar surface area (TPSA) is 86.9 Å². The molecule has 1 aliphatic rings. The summed E-state index contributed by atoms with van der Waals surface area (Å²) in [5.74, 6) is -0.795. The van der Waals surface area contributed by atoms with E-state index < -0.39 is 11.5 Å². The van der Waals surface area contributed by atoms with E-state index in [4.69, 9.17) is 10.8 Å². The number of nitrogens with two attached hydrogens (primary N) is 1. The molecule has 1 rings (SSSR count). The molecule has 1 aliphatic heterocycles. The number of amides is 1. The number of carboxylic acid groups (broad SMARTS) is 1. The summed E-state index contributed by atoms with van der Waals surface area (Å²) in [6, 6.07) is 0. The van der Waals surface area contributed by atoms with E-state index in [1.807, 2.05) is 6.92 Å². The maximum atomic E-state index is 12.1. The van der Waals surface area contributed by atoms with Gasteiger partial charge in [-0.3, -0.25) is 14.5 Å². The van der Waals surface area contributed by atoms with Gasteiger partial charge in [-0.25, -0.2) is 0 Å². The molecule has 0 aliphatic carbocycles. The maximum absolute atomic E-state index is 12.1. The first kappa shape index (κ1) is 14.9. The van der Waals surface area contributed by atoms with E-state index in [9.17, 15) is 9.59 Å². The van der Waals surface area contributed by atoms with Crippen LogP contribution >= 0.6 is 0 Å². The first-order valence-electron chi connectivity index (χ1n) is 6.39. The van der Waals surface area contributed by atoms with Gasteiger partial charge in [-0.2, -0.15) is 0 Å². The maximum Gasteiger partial charge on any atom is 0.304 e. The third kappa shape index (κ3) is 3.96. The van der Waals surface area contributed by atoms with Crippen LogP contribution in [0.5, 0.6) is 0 Å². The van der Waals surface area contributed by atoms with Gasteiger partial charge in [0.1, 0.15) is 0 Å². The minimum Gasteiger partial charge on any atom is -0.481 e. The van der Waals surface area contributed by atoms with Crippen LogP contribution in [0.1, 0.15) is 26.7 Å². The minimum atomic E-state index is -0.788. The lowest BCUT2D eigenvalue weighted by Gasteiger charge is -2.38. The number of carbonyl (C=O) groups is 2. The van der Waals surface area contributed by atoms with Crippen LogP contribution in [-0.4, -0.2) is 65.0 Å². The highest BCUT2D eigenvalue weighted by Gasteiger charge is 2.32. The summed E-state index contributed by atoms with van der Waals surface area (Å²) in [4.78, 5) is 26.4. The molecule has 6 nitrogen and oxygen atoms in total. The molecule has 1 heterocycles. The normalized spacial score (nSPS) is 20.5. The zero-order valence-electron chi connectivity index (χ0n) is 11.2. The smallest absolute Gasteiger partial charge is 0.304 e. The Morgan fingerprint density at radius 1 is 1.28 bits per heavy atom. The van der Waals surface area contributed by atoms with Gasteiger partial charge in [-0.1, -0.05) is 6.92 Å². The van der Waals surface area contributed by atoms with E-state index in [1.165, 1.54) is 0 Å². The molecule has 0 aromatic rings. The van der Waals surface area contributed by atoms with Crippen molar-refractivity contribution in [3.8, 4) is 0 Å². The number of hydrogen-bond acceptors (Lipinski definition) is 4. The third-order valence-electron chi connectivity index (χ3n) is 3.52. The van der Waals surface area contributed by atoms with Crippen LogP contribution in [0.3, 0.4) is 0 Å². The zero-order valence-corrected chi connectivity index (χ0v) is 11.2. The summed E-state index contributed by atoms with van der Waals surface area (Å²) >= 11 is 0. The highest BCUT2D eigenvalue weighted by atomic mass is 16.4. The Morgan fingerprint density at radius 2 is 1.83 bits per heavy atom. The summed E-state index contributed by atoms with van der Waals surface area (Å²) < 4.78 is 0. The van der Waals surface area contributed by atoms with Gasteiger partial charge >= 0.3 is 5.97 Å². The van der Waals surface area contributed by atoms with E-state index in [0.29, 0.717) is 26.1 Å². The Hall–Kier alpha value is -1.14. The first-order valence-corrected chi connectivity index (χ1v) is 6.39. The molecule has 0 aromatic carbocycles. The number of carbonyl (C=O) groups excluding carboxylic acids is 1. The van der Waals surface area contributed by atoms with Gasteiger partial charge in [-0.05, 0) is 13.3 Å². The average Bonchev–Trinajstić information content (AvgIpc) is 2.36. The quantitative estimate of drug-likeness (QED) is 0.708. The summed E-state index contributed by atoms with van der Waals surface area (Å²) in [6.07, 6.45) is 0.766. The van der Waals surface area contributed by atoms with Gasteiger partial charge in [-0.15, -0.1) is 0 Å². The number of nitrogens with zero attached hydrogens (tertiary/aromatic N) is 2. The predicted molar refractivity (Wildman–Crippen MR) is 68.2 cm³/mol. The van der Waals surface area contributed by atoms with Crippen LogP contribution in [-0.2, 0) is 9.59 Å². The van der Waals surface area contributed by atoms with Gasteiger partial charge in [0.05, 0.1) is 12.0 Å². The van der Waals surface area contributed by atoms with Crippen molar-refractivity contribution in [2.75, 3.05) is 32.7 Å². The molecule has 0 saturated carbocycles. The van der Waals surface area contributed by atoms with Gasteiger partial charge < -0.3 is 15.7 Å². The highest BCUT2D eigenvalue weighted by molar-refractivity contribution is 5.85. The Morgan fingerprint density at radius 3 is 2.28 bits per heavy atom. The lowest BCUT2D eigenvalue weighted by atomic mass is 9.98. The lowest BCUT2D eigenvalue weighted by molar-refractivity contribution is -0.140. The van der Waals surface area contributed by atoms with Crippen molar-refractivity contribution in [1.82, 2.24) is 9.80 Å². The molecule has 18 heavy (non-hydrogen) atoms. The van der Waals surface area contributed by atoms with Crippen molar-refractivity contribution >= 4 is 11.9 Å². The van der Waals surface area contributed by atoms with Gasteiger partial charge in [0.2, 0.25) is 5.91 Å². The molecule has 0 radical (unpaired) electrons. The summed E-state index contributed by atoms with van der Waals surface area (Å²) in [6.45, 7) is 6.91. The number of hydrogen-bond donors (Lipinski definition) is 2. The minimum absolute atomic E-state index is 0.0112. The summed E-state index contributed by atoms with van der Waals surface area (Å²) in [5.41, 5.74) is 5.15. The zero-order chi connectivity index (χ0) is 13.8. The molecule has 0 spiro atoms. The summed E-state index contributed by atoms with van der Waals surface area (Å²) in [7, 11) is 0. The molecule has 1 saturated heterocycles.